The van der Waals surface area contributed by atoms with Gasteiger partial charge in [-0.1, -0.05) is 11.6 Å². The van der Waals surface area contributed by atoms with Crippen molar-refractivity contribution in [3.63, 3.8) is 0 Å². The van der Waals surface area contributed by atoms with Gasteiger partial charge in [0.15, 0.2) is 0 Å². The first-order valence-corrected chi connectivity index (χ1v) is 6.37. The van der Waals surface area contributed by atoms with Crippen LogP contribution in [0.2, 0.25) is 0 Å². The summed E-state index contributed by atoms with van der Waals surface area (Å²) in [6.07, 6.45) is 0. The van der Waals surface area contributed by atoms with Crippen molar-refractivity contribution in [3.8, 4) is 5.75 Å². The number of methoxy groups -OCH3 is 1. The summed E-state index contributed by atoms with van der Waals surface area (Å²) in [7, 11) is 1.52. The van der Waals surface area contributed by atoms with Crippen molar-refractivity contribution in [1.29, 1.82) is 0 Å². The highest BCUT2D eigenvalue weighted by atomic mass is 16.5. The number of rotatable bonds is 4. The molecule has 0 saturated heterocycles. The molecule has 2 aromatic rings. The second-order valence-electron chi connectivity index (χ2n) is 4.60. The summed E-state index contributed by atoms with van der Waals surface area (Å²) in [4.78, 5) is 23.3. The van der Waals surface area contributed by atoms with E-state index in [1.807, 2.05) is 13.0 Å². The molecule has 0 unspecified atom stereocenters. The number of nitrogens with two attached hydrogens (primary N) is 1. The Bertz CT molecular complexity index is 678. The predicted octanol–water partition coefficient (Wildman–Crippen LogP) is 2.35. The fourth-order valence-corrected chi connectivity index (χ4v) is 1.92. The van der Waals surface area contributed by atoms with Crippen molar-refractivity contribution in [2.24, 2.45) is 5.73 Å². The molecule has 0 spiro atoms. The van der Waals surface area contributed by atoms with Crippen molar-refractivity contribution >= 4 is 17.5 Å². The third kappa shape index (κ3) is 3.39. The van der Waals surface area contributed by atoms with Crippen LogP contribution in [0.5, 0.6) is 5.75 Å². The first kappa shape index (κ1) is 14.6. The van der Waals surface area contributed by atoms with Gasteiger partial charge in [-0.15, -0.1) is 0 Å². The monoisotopic (exact) mass is 284 g/mol. The molecule has 0 saturated carbocycles. The topological polar surface area (TPSA) is 81.4 Å². The van der Waals surface area contributed by atoms with Crippen LogP contribution in [0.15, 0.2) is 42.5 Å². The Kier molecular flexibility index (Phi) is 4.23. The molecule has 0 bridgehead atoms. The van der Waals surface area contributed by atoms with Crippen LogP contribution in [0, 0.1) is 6.92 Å². The number of benzene rings is 2. The Balaban J connectivity index is 2.21. The lowest BCUT2D eigenvalue weighted by Crippen LogP contribution is -2.14. The molecule has 0 fully saturated rings. The maximum absolute atomic E-state index is 12.3. The van der Waals surface area contributed by atoms with Gasteiger partial charge in [-0.2, -0.15) is 0 Å². The summed E-state index contributed by atoms with van der Waals surface area (Å²) < 4.78 is 5.19. The van der Waals surface area contributed by atoms with Crippen molar-refractivity contribution in [2.45, 2.75) is 6.92 Å². The van der Waals surface area contributed by atoms with Crippen molar-refractivity contribution in [3.05, 3.63) is 59.2 Å². The van der Waals surface area contributed by atoms with Crippen LogP contribution < -0.4 is 15.8 Å². The van der Waals surface area contributed by atoms with Crippen LogP contribution in [0.3, 0.4) is 0 Å². The third-order valence-electron chi connectivity index (χ3n) is 3.03. The van der Waals surface area contributed by atoms with E-state index in [0.717, 1.165) is 5.56 Å². The first-order chi connectivity index (χ1) is 10.0. The highest BCUT2D eigenvalue weighted by Gasteiger charge is 2.12. The smallest absolute Gasteiger partial charge is 0.259 e. The van der Waals surface area contributed by atoms with Gasteiger partial charge in [0.05, 0.1) is 12.7 Å². The van der Waals surface area contributed by atoms with Gasteiger partial charge >= 0.3 is 0 Å². The van der Waals surface area contributed by atoms with Crippen LogP contribution >= 0.6 is 0 Å². The molecule has 108 valence electrons. The molecule has 0 aliphatic carbocycles. The van der Waals surface area contributed by atoms with Crippen LogP contribution in [-0.2, 0) is 0 Å². The molecule has 21 heavy (non-hydrogen) atoms. The largest absolute Gasteiger partial charge is 0.496 e. The zero-order valence-corrected chi connectivity index (χ0v) is 11.8. The summed E-state index contributed by atoms with van der Waals surface area (Å²) in [6.45, 7) is 1.90. The molecule has 5 heteroatoms. The summed E-state index contributed by atoms with van der Waals surface area (Å²) in [5.41, 5.74) is 7.55. The zero-order chi connectivity index (χ0) is 15.4. The Morgan fingerprint density at radius 1 is 1.10 bits per heavy atom. The molecule has 2 amide bonds. The number of hydrogen-bond acceptors (Lipinski definition) is 3. The Labute approximate surface area is 122 Å². The van der Waals surface area contributed by atoms with Gasteiger partial charge in [-0.3, -0.25) is 9.59 Å². The lowest BCUT2D eigenvalue weighted by molar-refractivity contribution is 0.0998. The minimum atomic E-state index is -0.506. The number of carbonyl (C=O) groups is 2. The molecule has 2 rings (SSSR count). The number of carbonyl (C=O) groups excluding carboxylic acids is 2. The highest BCUT2D eigenvalue weighted by molar-refractivity contribution is 6.06. The van der Waals surface area contributed by atoms with Gasteiger partial charge in [0.2, 0.25) is 5.91 Å². The Hall–Kier alpha value is -2.82. The zero-order valence-electron chi connectivity index (χ0n) is 11.8. The molecule has 0 radical (unpaired) electrons. The lowest BCUT2D eigenvalue weighted by atomic mass is 10.1. The quantitative estimate of drug-likeness (QED) is 0.904. The molecule has 0 atom stereocenters. The third-order valence-corrected chi connectivity index (χ3v) is 3.03. The summed E-state index contributed by atoms with van der Waals surface area (Å²) in [5, 5.41) is 2.76. The average Bonchev–Trinajstić information content (AvgIpc) is 2.47. The number of nitrogens with one attached hydrogen (secondary N) is 1. The van der Waals surface area contributed by atoms with Gasteiger partial charge < -0.3 is 15.8 Å². The maximum Gasteiger partial charge on any atom is 0.259 e. The fourth-order valence-electron chi connectivity index (χ4n) is 1.92. The molecular formula is C16H16N2O3. The second-order valence-corrected chi connectivity index (χ2v) is 4.60. The standard InChI is InChI=1S/C16H16N2O3/c1-10-3-8-14(21-2)13(9-10)16(20)18-12-6-4-11(5-7-12)15(17)19/h3-9H,1-2H3,(H2,17,19)(H,18,20). The molecule has 2 aromatic carbocycles. The lowest BCUT2D eigenvalue weighted by Gasteiger charge is -2.10. The summed E-state index contributed by atoms with van der Waals surface area (Å²) in [5.74, 6) is -0.275. The minimum Gasteiger partial charge on any atom is -0.496 e. The summed E-state index contributed by atoms with van der Waals surface area (Å²) in [6, 6.07) is 11.8. The number of ether oxygens (including phenoxy) is 1. The van der Waals surface area contributed by atoms with Crippen LogP contribution in [0.1, 0.15) is 26.3 Å². The number of hydrogen-bond donors (Lipinski definition) is 2. The second kappa shape index (κ2) is 6.09. The molecule has 3 N–H and O–H groups in total. The normalized spacial score (nSPS) is 10.0. The van der Waals surface area contributed by atoms with E-state index in [9.17, 15) is 9.59 Å². The predicted molar refractivity (Wildman–Crippen MR) is 80.6 cm³/mol. The van der Waals surface area contributed by atoms with Crippen LogP contribution in [-0.4, -0.2) is 18.9 Å². The molecular weight excluding hydrogens is 268 g/mol. The van der Waals surface area contributed by atoms with Crippen molar-refractivity contribution < 1.29 is 14.3 Å². The van der Waals surface area contributed by atoms with Gasteiger partial charge in [-0.25, -0.2) is 0 Å². The van der Waals surface area contributed by atoms with Gasteiger partial charge in [0.1, 0.15) is 5.75 Å². The molecule has 0 heterocycles. The number of primary amides is 1. The molecule has 0 aromatic heterocycles. The van der Waals surface area contributed by atoms with E-state index >= 15 is 0 Å². The van der Waals surface area contributed by atoms with Crippen molar-refractivity contribution in [2.75, 3.05) is 12.4 Å². The Morgan fingerprint density at radius 3 is 2.33 bits per heavy atom. The van der Waals surface area contributed by atoms with Crippen LogP contribution in [0.4, 0.5) is 5.69 Å². The van der Waals surface area contributed by atoms with E-state index in [4.69, 9.17) is 10.5 Å². The van der Waals surface area contributed by atoms with E-state index < -0.39 is 5.91 Å². The Morgan fingerprint density at radius 2 is 1.76 bits per heavy atom. The SMILES string of the molecule is COc1ccc(C)cc1C(=O)Nc1ccc(C(N)=O)cc1. The van der Waals surface area contributed by atoms with E-state index in [1.165, 1.54) is 7.11 Å². The van der Waals surface area contributed by atoms with Crippen LogP contribution in [0.25, 0.3) is 0 Å². The number of aryl methyl sites for hydroxylation is 1. The van der Waals surface area contributed by atoms with Gasteiger partial charge in [0.25, 0.3) is 5.91 Å². The average molecular weight is 284 g/mol. The highest BCUT2D eigenvalue weighted by Crippen LogP contribution is 2.21. The number of amides is 2. The van der Waals surface area contributed by atoms with Crippen molar-refractivity contribution in [1.82, 2.24) is 0 Å². The fraction of sp³-hybridized carbons (Fsp3) is 0.125. The first-order valence-electron chi connectivity index (χ1n) is 6.37. The van der Waals surface area contributed by atoms with E-state index in [1.54, 1.807) is 36.4 Å². The minimum absolute atomic E-state index is 0.276. The molecule has 0 aliphatic rings. The summed E-state index contributed by atoms with van der Waals surface area (Å²) >= 11 is 0. The van der Waals surface area contributed by atoms with Gasteiger partial charge in [-0.05, 0) is 43.3 Å². The van der Waals surface area contributed by atoms with E-state index in [-0.39, 0.29) is 5.91 Å². The molecule has 0 aliphatic heterocycles. The van der Waals surface area contributed by atoms with Gasteiger partial charge in [0, 0.05) is 11.3 Å². The van der Waals surface area contributed by atoms with E-state index in [0.29, 0.717) is 22.6 Å². The molecule has 5 nitrogen and oxygen atoms in total. The van der Waals surface area contributed by atoms with E-state index in [2.05, 4.69) is 5.32 Å². The number of anilines is 1. The maximum atomic E-state index is 12.3.